The summed E-state index contributed by atoms with van der Waals surface area (Å²) in [4.78, 5) is 2.22. The van der Waals surface area contributed by atoms with E-state index in [1.165, 1.54) is 28.8 Å². The lowest BCUT2D eigenvalue weighted by Gasteiger charge is -2.29. The molecule has 0 spiro atoms. The first kappa shape index (κ1) is 27.6. The van der Waals surface area contributed by atoms with Gasteiger partial charge in [0, 0.05) is 25.2 Å². The van der Waals surface area contributed by atoms with Gasteiger partial charge in [0.1, 0.15) is 0 Å². The summed E-state index contributed by atoms with van der Waals surface area (Å²) in [7, 11) is 2.08. The van der Waals surface area contributed by atoms with Gasteiger partial charge >= 0.3 is 6.18 Å². The zero-order chi connectivity index (χ0) is 26.3. The van der Waals surface area contributed by atoms with Crippen LogP contribution >= 0.6 is 0 Å². The molecule has 0 aliphatic heterocycles. The number of benzene rings is 3. The number of rotatable bonds is 11. The van der Waals surface area contributed by atoms with E-state index in [2.05, 4.69) is 75.7 Å². The summed E-state index contributed by atoms with van der Waals surface area (Å²) in [5, 5.41) is 0. The number of halogens is 3. The van der Waals surface area contributed by atoms with Gasteiger partial charge in [-0.05, 0) is 65.5 Å². The highest BCUT2D eigenvalue weighted by molar-refractivity contribution is 5.31. The van der Waals surface area contributed by atoms with Crippen molar-refractivity contribution in [3.05, 3.63) is 119 Å². The quantitative estimate of drug-likeness (QED) is 0.258. The number of nitrogens with zero attached hydrogens (tertiary/aromatic N) is 1. The predicted molar refractivity (Wildman–Crippen MR) is 144 cm³/mol. The average Bonchev–Trinajstić information content (AvgIpc) is 2.86. The third-order valence-electron chi connectivity index (χ3n) is 6.96. The van der Waals surface area contributed by atoms with Crippen LogP contribution in [0.25, 0.3) is 0 Å². The standard InChI is InChI=1S/C32H38F3N/c1-23(2)21-26-11-15-28(16-12-26)24(3)25(4)36(5)20-19-30(29-9-7-6-8-10-29)22-27-13-17-31(18-14-27)32(33,34)35/h6-18,23-24,30H,4,19-22H2,1-3,5H3/t24-,30+/m1/s1. The molecule has 0 saturated carbocycles. The van der Waals surface area contributed by atoms with Crippen LogP contribution in [-0.2, 0) is 19.0 Å². The molecule has 0 fully saturated rings. The molecule has 2 atom stereocenters. The smallest absolute Gasteiger partial charge is 0.378 e. The summed E-state index contributed by atoms with van der Waals surface area (Å²) < 4.78 is 38.9. The van der Waals surface area contributed by atoms with Crippen LogP contribution in [0, 0.1) is 5.92 Å². The zero-order valence-corrected chi connectivity index (χ0v) is 21.9. The molecule has 3 aromatic rings. The lowest BCUT2D eigenvalue weighted by Crippen LogP contribution is -2.23. The Balaban J connectivity index is 1.66. The number of allylic oxidation sites excluding steroid dienone is 1. The summed E-state index contributed by atoms with van der Waals surface area (Å²) in [5.41, 5.74) is 5.17. The summed E-state index contributed by atoms with van der Waals surface area (Å²) >= 11 is 0. The van der Waals surface area contributed by atoms with Crippen molar-refractivity contribution in [2.24, 2.45) is 5.92 Å². The van der Waals surface area contributed by atoms with Gasteiger partial charge < -0.3 is 4.90 Å². The van der Waals surface area contributed by atoms with Gasteiger partial charge in [-0.25, -0.2) is 0 Å². The number of hydrogen-bond donors (Lipinski definition) is 0. The molecule has 0 bridgehead atoms. The van der Waals surface area contributed by atoms with E-state index >= 15 is 0 Å². The Morgan fingerprint density at radius 3 is 1.89 bits per heavy atom. The van der Waals surface area contributed by atoms with Gasteiger partial charge in [0.25, 0.3) is 0 Å². The van der Waals surface area contributed by atoms with Crippen molar-refractivity contribution in [1.82, 2.24) is 4.90 Å². The minimum absolute atomic E-state index is 0.198. The summed E-state index contributed by atoms with van der Waals surface area (Å²) in [6.45, 7) is 11.9. The first-order valence-corrected chi connectivity index (χ1v) is 12.7. The van der Waals surface area contributed by atoms with E-state index in [1.807, 2.05) is 18.2 Å². The molecule has 192 valence electrons. The van der Waals surface area contributed by atoms with Crippen LogP contribution in [0.1, 0.15) is 66.8 Å². The number of alkyl halides is 3. The second-order valence-electron chi connectivity index (χ2n) is 10.3. The van der Waals surface area contributed by atoms with Crippen LogP contribution in [0.2, 0.25) is 0 Å². The Hall–Kier alpha value is -3.01. The molecule has 0 aromatic heterocycles. The lowest BCUT2D eigenvalue weighted by molar-refractivity contribution is -0.137. The fourth-order valence-electron chi connectivity index (χ4n) is 4.66. The molecule has 0 aliphatic rings. The fourth-order valence-corrected chi connectivity index (χ4v) is 4.66. The second kappa shape index (κ2) is 12.3. The average molecular weight is 494 g/mol. The summed E-state index contributed by atoms with van der Waals surface area (Å²) in [6, 6.07) is 24.6. The largest absolute Gasteiger partial charge is 0.416 e. The monoisotopic (exact) mass is 493 g/mol. The van der Waals surface area contributed by atoms with Gasteiger partial charge in [-0.1, -0.05) is 94.1 Å². The van der Waals surface area contributed by atoms with Gasteiger partial charge in [-0.2, -0.15) is 13.2 Å². The molecule has 0 unspecified atom stereocenters. The fraction of sp³-hybridized carbons (Fsp3) is 0.375. The van der Waals surface area contributed by atoms with Gasteiger partial charge in [0.05, 0.1) is 5.56 Å². The van der Waals surface area contributed by atoms with Gasteiger partial charge in [-0.15, -0.1) is 0 Å². The van der Waals surface area contributed by atoms with Crippen molar-refractivity contribution >= 4 is 0 Å². The van der Waals surface area contributed by atoms with E-state index in [-0.39, 0.29) is 11.8 Å². The van der Waals surface area contributed by atoms with Gasteiger partial charge in [0.15, 0.2) is 0 Å². The third-order valence-corrected chi connectivity index (χ3v) is 6.96. The first-order chi connectivity index (χ1) is 17.0. The van der Waals surface area contributed by atoms with Crippen molar-refractivity contribution in [1.29, 1.82) is 0 Å². The Bertz CT molecular complexity index is 1080. The van der Waals surface area contributed by atoms with Crippen molar-refractivity contribution in [2.45, 2.75) is 58.0 Å². The maximum absolute atomic E-state index is 13.0. The third kappa shape index (κ3) is 7.74. The van der Waals surface area contributed by atoms with Crippen molar-refractivity contribution in [2.75, 3.05) is 13.6 Å². The molecular weight excluding hydrogens is 455 g/mol. The Kier molecular flexibility index (Phi) is 9.42. The molecule has 0 saturated heterocycles. The van der Waals surface area contributed by atoms with E-state index in [4.69, 9.17) is 0 Å². The normalized spacial score (nSPS) is 13.4. The Morgan fingerprint density at radius 1 is 0.778 bits per heavy atom. The van der Waals surface area contributed by atoms with E-state index in [1.54, 1.807) is 12.1 Å². The molecule has 0 radical (unpaired) electrons. The molecule has 0 N–H and O–H groups in total. The van der Waals surface area contributed by atoms with Gasteiger partial charge in [0.2, 0.25) is 0 Å². The van der Waals surface area contributed by atoms with Crippen molar-refractivity contribution < 1.29 is 13.2 Å². The van der Waals surface area contributed by atoms with E-state index < -0.39 is 11.7 Å². The molecule has 0 amide bonds. The molecule has 36 heavy (non-hydrogen) atoms. The van der Waals surface area contributed by atoms with Crippen LogP contribution in [0.15, 0.2) is 91.1 Å². The van der Waals surface area contributed by atoms with Crippen molar-refractivity contribution in [3.63, 3.8) is 0 Å². The Labute approximate surface area is 214 Å². The second-order valence-corrected chi connectivity index (χ2v) is 10.3. The summed E-state index contributed by atoms with van der Waals surface area (Å²) in [6.07, 6.45) is -1.67. The lowest BCUT2D eigenvalue weighted by atomic mass is 9.88. The molecule has 4 heteroatoms. The minimum Gasteiger partial charge on any atom is -0.378 e. The molecular formula is C32H38F3N. The highest BCUT2D eigenvalue weighted by Gasteiger charge is 2.30. The highest BCUT2D eigenvalue weighted by atomic mass is 19.4. The van der Waals surface area contributed by atoms with Crippen molar-refractivity contribution in [3.8, 4) is 0 Å². The number of likely N-dealkylation sites (N-methyl/N-ethyl adjacent to an activating group) is 1. The number of hydrogen-bond acceptors (Lipinski definition) is 1. The molecule has 3 rings (SSSR count). The van der Waals surface area contributed by atoms with Crippen LogP contribution in [0.3, 0.4) is 0 Å². The minimum atomic E-state index is -4.31. The Morgan fingerprint density at radius 2 is 1.33 bits per heavy atom. The molecule has 0 heterocycles. The highest BCUT2D eigenvalue weighted by Crippen LogP contribution is 2.31. The topological polar surface area (TPSA) is 3.24 Å². The van der Waals surface area contributed by atoms with Gasteiger partial charge in [-0.3, -0.25) is 0 Å². The molecule has 3 aromatic carbocycles. The van der Waals surface area contributed by atoms with Crippen LogP contribution in [-0.4, -0.2) is 18.5 Å². The van der Waals surface area contributed by atoms with Crippen LogP contribution in [0.5, 0.6) is 0 Å². The molecule has 1 nitrogen and oxygen atoms in total. The summed E-state index contributed by atoms with van der Waals surface area (Å²) in [5.74, 6) is 1.03. The van der Waals surface area contributed by atoms with E-state index in [0.29, 0.717) is 12.3 Å². The molecule has 0 aliphatic carbocycles. The zero-order valence-electron chi connectivity index (χ0n) is 21.9. The maximum atomic E-state index is 13.0. The van der Waals surface area contributed by atoms with E-state index in [9.17, 15) is 13.2 Å². The van der Waals surface area contributed by atoms with E-state index in [0.717, 1.165) is 30.6 Å². The predicted octanol–water partition coefficient (Wildman–Crippen LogP) is 8.87. The first-order valence-electron chi connectivity index (χ1n) is 12.7. The van der Waals surface area contributed by atoms with Crippen LogP contribution in [0.4, 0.5) is 13.2 Å². The maximum Gasteiger partial charge on any atom is 0.416 e. The SMILES string of the molecule is C=C([C@@H](C)c1ccc(CC(C)C)cc1)N(C)CC[C@@H](Cc1ccc(C(F)(F)F)cc1)c1ccccc1. The van der Waals surface area contributed by atoms with Crippen LogP contribution < -0.4 is 0 Å².